The number of ether oxygens (including phenoxy) is 2. The molecule has 1 N–H and O–H groups in total. The van der Waals surface area contributed by atoms with Gasteiger partial charge >= 0.3 is 11.9 Å². The molecule has 0 spiro atoms. The van der Waals surface area contributed by atoms with Crippen LogP contribution < -0.4 is 0 Å². The number of carbonyl (C=O) groups is 2. The van der Waals surface area contributed by atoms with Crippen molar-refractivity contribution in [2.45, 2.75) is 0 Å². The Balaban J connectivity index is 1.97. The lowest BCUT2D eigenvalue weighted by Crippen LogP contribution is -2.00. The number of hydrogen-bond donors (Lipinski definition) is 1. The number of H-pyrrole nitrogens is 1. The Morgan fingerprint density at radius 1 is 0.913 bits per heavy atom. The van der Waals surface area contributed by atoms with Gasteiger partial charge in [0.15, 0.2) is 0 Å². The summed E-state index contributed by atoms with van der Waals surface area (Å²) in [7, 11) is 2.68. The molecule has 0 atom stereocenters. The first-order valence-electron chi connectivity index (χ1n) is 6.89. The van der Waals surface area contributed by atoms with E-state index in [1.165, 1.54) is 14.2 Å². The van der Waals surface area contributed by atoms with Gasteiger partial charge in [-0.25, -0.2) is 14.6 Å². The number of carbonyl (C=O) groups excluding carboxylic acids is 2. The number of benzene rings is 2. The van der Waals surface area contributed by atoms with Crippen LogP contribution >= 0.6 is 0 Å². The molecular formula is C17H14N2O4. The Morgan fingerprint density at radius 3 is 2.17 bits per heavy atom. The summed E-state index contributed by atoms with van der Waals surface area (Å²) < 4.78 is 9.37. The Bertz CT molecular complexity index is 881. The molecule has 3 rings (SSSR count). The monoisotopic (exact) mass is 310 g/mol. The fourth-order valence-corrected chi connectivity index (χ4v) is 2.27. The second kappa shape index (κ2) is 5.92. The van der Waals surface area contributed by atoms with Crippen LogP contribution in [0.4, 0.5) is 0 Å². The third-order valence-corrected chi connectivity index (χ3v) is 3.48. The average molecular weight is 310 g/mol. The number of esters is 2. The van der Waals surface area contributed by atoms with E-state index in [4.69, 9.17) is 4.74 Å². The number of fused-ring (bicyclic) bond motifs is 1. The molecule has 1 heterocycles. The van der Waals surface area contributed by atoms with Crippen LogP contribution in [0.5, 0.6) is 0 Å². The fourth-order valence-electron chi connectivity index (χ4n) is 2.27. The van der Waals surface area contributed by atoms with Crippen LogP contribution in [0.25, 0.3) is 22.4 Å². The molecule has 0 bridgehead atoms. The molecule has 0 radical (unpaired) electrons. The Labute approximate surface area is 132 Å². The molecule has 0 saturated carbocycles. The van der Waals surface area contributed by atoms with Gasteiger partial charge in [-0.3, -0.25) is 0 Å². The van der Waals surface area contributed by atoms with Crippen molar-refractivity contribution in [3.05, 3.63) is 53.6 Å². The van der Waals surface area contributed by atoms with Gasteiger partial charge < -0.3 is 14.5 Å². The SMILES string of the molecule is COC(=O)c1ccc(-c2nc3cc(C(=O)OC)ccc3[nH]2)cc1. The van der Waals surface area contributed by atoms with E-state index >= 15 is 0 Å². The van der Waals surface area contributed by atoms with E-state index in [0.717, 1.165) is 11.1 Å². The summed E-state index contributed by atoms with van der Waals surface area (Å²) in [6, 6.07) is 12.0. The van der Waals surface area contributed by atoms with E-state index in [9.17, 15) is 9.59 Å². The molecular weight excluding hydrogens is 296 g/mol. The van der Waals surface area contributed by atoms with Crippen molar-refractivity contribution in [2.24, 2.45) is 0 Å². The molecule has 6 heteroatoms. The summed E-state index contributed by atoms with van der Waals surface area (Å²) in [5, 5.41) is 0. The number of nitrogens with one attached hydrogen (secondary N) is 1. The zero-order valence-electron chi connectivity index (χ0n) is 12.6. The van der Waals surface area contributed by atoms with Crippen molar-refractivity contribution in [1.29, 1.82) is 0 Å². The van der Waals surface area contributed by atoms with E-state index in [0.29, 0.717) is 22.5 Å². The molecule has 0 unspecified atom stereocenters. The molecule has 0 fully saturated rings. The smallest absolute Gasteiger partial charge is 0.337 e. The molecule has 1 aromatic heterocycles. The number of hydrogen-bond acceptors (Lipinski definition) is 5. The third-order valence-electron chi connectivity index (χ3n) is 3.48. The number of aromatic amines is 1. The fraction of sp³-hybridized carbons (Fsp3) is 0.118. The number of imidazole rings is 1. The standard InChI is InChI=1S/C17H14N2O4/c1-22-16(20)11-5-3-10(4-6-11)15-18-13-8-7-12(17(21)23-2)9-14(13)19-15/h3-9H,1-2H3,(H,18,19). The zero-order valence-corrected chi connectivity index (χ0v) is 12.6. The number of nitrogens with zero attached hydrogens (tertiary/aromatic N) is 1. The molecule has 23 heavy (non-hydrogen) atoms. The van der Waals surface area contributed by atoms with Gasteiger partial charge in [-0.15, -0.1) is 0 Å². The van der Waals surface area contributed by atoms with Crippen LogP contribution in [-0.4, -0.2) is 36.1 Å². The number of rotatable bonds is 3. The molecule has 116 valence electrons. The zero-order chi connectivity index (χ0) is 16.4. The molecule has 0 amide bonds. The van der Waals surface area contributed by atoms with Crippen LogP contribution in [0.1, 0.15) is 20.7 Å². The maximum atomic E-state index is 11.6. The quantitative estimate of drug-likeness (QED) is 0.752. The van der Waals surface area contributed by atoms with Gasteiger partial charge in [-0.2, -0.15) is 0 Å². The summed E-state index contributed by atoms with van der Waals surface area (Å²) in [4.78, 5) is 30.7. The van der Waals surface area contributed by atoms with E-state index in [-0.39, 0.29) is 5.97 Å². The first-order valence-corrected chi connectivity index (χ1v) is 6.89. The lowest BCUT2D eigenvalue weighted by atomic mass is 10.1. The Kier molecular flexibility index (Phi) is 3.80. The minimum atomic E-state index is -0.404. The second-order valence-electron chi connectivity index (χ2n) is 4.88. The van der Waals surface area contributed by atoms with Gasteiger partial charge in [0.1, 0.15) is 5.82 Å². The molecule has 3 aromatic rings. The minimum absolute atomic E-state index is 0.385. The van der Waals surface area contributed by atoms with E-state index < -0.39 is 5.97 Å². The first-order chi connectivity index (χ1) is 11.1. The summed E-state index contributed by atoms with van der Waals surface area (Å²) >= 11 is 0. The van der Waals surface area contributed by atoms with Crippen molar-refractivity contribution in [2.75, 3.05) is 14.2 Å². The van der Waals surface area contributed by atoms with Crippen LogP contribution in [0.2, 0.25) is 0 Å². The minimum Gasteiger partial charge on any atom is -0.465 e. The molecule has 0 aliphatic heterocycles. The van der Waals surface area contributed by atoms with Gasteiger partial charge in [-0.1, -0.05) is 12.1 Å². The highest BCUT2D eigenvalue weighted by atomic mass is 16.5. The number of methoxy groups -OCH3 is 2. The first kappa shape index (κ1) is 14.8. The van der Waals surface area contributed by atoms with Crippen molar-refractivity contribution in [3.63, 3.8) is 0 Å². The third kappa shape index (κ3) is 2.78. The maximum Gasteiger partial charge on any atom is 0.337 e. The van der Waals surface area contributed by atoms with Gasteiger partial charge in [-0.05, 0) is 30.3 Å². The van der Waals surface area contributed by atoms with Crippen LogP contribution in [-0.2, 0) is 9.47 Å². The van der Waals surface area contributed by atoms with Crippen molar-refractivity contribution in [3.8, 4) is 11.4 Å². The van der Waals surface area contributed by atoms with Gasteiger partial charge in [0.2, 0.25) is 0 Å². The highest BCUT2D eigenvalue weighted by Crippen LogP contribution is 2.22. The van der Waals surface area contributed by atoms with E-state index in [1.807, 2.05) is 0 Å². The summed E-state index contributed by atoms with van der Waals surface area (Å²) in [6.07, 6.45) is 0. The van der Waals surface area contributed by atoms with Gasteiger partial charge in [0.25, 0.3) is 0 Å². The van der Waals surface area contributed by atoms with Crippen LogP contribution in [0.3, 0.4) is 0 Å². The highest BCUT2D eigenvalue weighted by molar-refractivity contribution is 5.94. The van der Waals surface area contributed by atoms with Crippen molar-refractivity contribution >= 4 is 23.0 Å². The predicted octanol–water partition coefficient (Wildman–Crippen LogP) is 2.80. The predicted molar refractivity (Wildman–Crippen MR) is 84.2 cm³/mol. The molecule has 0 saturated heterocycles. The summed E-state index contributed by atoms with van der Waals surface area (Å²) in [5.74, 6) is -0.138. The Morgan fingerprint density at radius 2 is 1.52 bits per heavy atom. The topological polar surface area (TPSA) is 81.3 Å². The van der Waals surface area contributed by atoms with Crippen molar-refractivity contribution in [1.82, 2.24) is 9.97 Å². The number of aromatic nitrogens is 2. The normalized spacial score (nSPS) is 10.5. The lowest BCUT2D eigenvalue weighted by molar-refractivity contribution is 0.0592. The van der Waals surface area contributed by atoms with Crippen LogP contribution in [0, 0.1) is 0 Å². The summed E-state index contributed by atoms with van der Waals surface area (Å²) in [6.45, 7) is 0. The molecule has 6 nitrogen and oxygen atoms in total. The van der Waals surface area contributed by atoms with E-state index in [2.05, 4.69) is 14.7 Å². The Hall–Kier alpha value is -3.15. The second-order valence-corrected chi connectivity index (χ2v) is 4.88. The van der Waals surface area contributed by atoms with Crippen molar-refractivity contribution < 1.29 is 19.1 Å². The van der Waals surface area contributed by atoms with Crippen LogP contribution in [0.15, 0.2) is 42.5 Å². The van der Waals surface area contributed by atoms with Gasteiger partial charge in [0, 0.05) is 5.56 Å². The molecule has 0 aliphatic carbocycles. The van der Waals surface area contributed by atoms with E-state index in [1.54, 1.807) is 42.5 Å². The maximum absolute atomic E-state index is 11.6. The largest absolute Gasteiger partial charge is 0.465 e. The molecule has 0 aliphatic rings. The van der Waals surface area contributed by atoms with Gasteiger partial charge in [0.05, 0.1) is 36.4 Å². The highest BCUT2D eigenvalue weighted by Gasteiger charge is 2.11. The summed E-state index contributed by atoms with van der Waals surface area (Å²) in [5.41, 5.74) is 3.22. The lowest BCUT2D eigenvalue weighted by Gasteiger charge is -2.00. The average Bonchev–Trinajstić information content (AvgIpc) is 3.03. The molecule has 2 aromatic carbocycles.